The number of nitrogens with one attached hydrogen (secondary N) is 1. The molecule has 0 spiro atoms. The fraction of sp³-hybridized carbons (Fsp3) is 0.929. The lowest BCUT2D eigenvalue weighted by atomic mass is 9.92. The Morgan fingerprint density at radius 3 is 2.58 bits per heavy atom. The van der Waals surface area contributed by atoms with Gasteiger partial charge in [0.2, 0.25) is 5.91 Å². The number of likely N-dealkylation sites (tertiary alicyclic amines) is 1. The third-order valence-electron chi connectivity index (χ3n) is 4.59. The Labute approximate surface area is 123 Å². The van der Waals surface area contributed by atoms with Crippen molar-refractivity contribution in [2.24, 2.45) is 5.92 Å². The standard InChI is InChI=1S/C14H27N3O.ClH/c1-12-4-3-8-16(13(12)2)9-5-14(18)17-10-6-15-7-11-17;/h12-13,15H,3-11H2,1-2H3;1H. The van der Waals surface area contributed by atoms with Gasteiger partial charge in [-0.3, -0.25) is 9.69 Å². The van der Waals surface area contributed by atoms with E-state index in [4.69, 9.17) is 0 Å². The molecule has 1 N–H and O–H groups in total. The van der Waals surface area contributed by atoms with Crippen LogP contribution in [-0.2, 0) is 4.79 Å². The molecule has 1 amide bonds. The lowest BCUT2D eigenvalue weighted by molar-refractivity contribution is -0.132. The molecule has 0 aromatic carbocycles. The van der Waals surface area contributed by atoms with E-state index in [-0.39, 0.29) is 12.4 Å². The van der Waals surface area contributed by atoms with Crippen LogP contribution in [0.4, 0.5) is 0 Å². The van der Waals surface area contributed by atoms with E-state index in [1.165, 1.54) is 19.4 Å². The minimum absolute atomic E-state index is 0. The van der Waals surface area contributed by atoms with Gasteiger partial charge < -0.3 is 10.2 Å². The summed E-state index contributed by atoms with van der Waals surface area (Å²) in [6.07, 6.45) is 3.31. The van der Waals surface area contributed by atoms with Crippen LogP contribution in [0.3, 0.4) is 0 Å². The number of carbonyl (C=O) groups excluding carboxylic acids is 1. The lowest BCUT2D eigenvalue weighted by Crippen LogP contribution is -2.48. The summed E-state index contributed by atoms with van der Waals surface area (Å²) < 4.78 is 0. The van der Waals surface area contributed by atoms with Crippen molar-refractivity contribution in [2.75, 3.05) is 39.3 Å². The van der Waals surface area contributed by atoms with E-state index in [2.05, 4.69) is 24.1 Å². The maximum atomic E-state index is 12.1. The van der Waals surface area contributed by atoms with Gasteiger partial charge in [0.05, 0.1) is 0 Å². The number of hydrogen-bond donors (Lipinski definition) is 1. The molecule has 2 atom stereocenters. The SMILES string of the molecule is CC1CCCN(CCC(=O)N2CCNCC2)C1C.Cl. The predicted octanol–water partition coefficient (Wildman–Crippen LogP) is 1.35. The molecule has 0 radical (unpaired) electrons. The van der Waals surface area contributed by atoms with E-state index in [1.807, 2.05) is 4.90 Å². The quantitative estimate of drug-likeness (QED) is 0.852. The smallest absolute Gasteiger partial charge is 0.223 e. The van der Waals surface area contributed by atoms with Crippen LogP contribution in [-0.4, -0.2) is 61.0 Å². The van der Waals surface area contributed by atoms with Crippen molar-refractivity contribution in [2.45, 2.75) is 39.2 Å². The third-order valence-corrected chi connectivity index (χ3v) is 4.59. The van der Waals surface area contributed by atoms with Gasteiger partial charge in [-0.2, -0.15) is 0 Å². The van der Waals surface area contributed by atoms with Crippen LogP contribution in [0.5, 0.6) is 0 Å². The topological polar surface area (TPSA) is 35.6 Å². The van der Waals surface area contributed by atoms with Crippen molar-refractivity contribution in [1.82, 2.24) is 15.1 Å². The highest BCUT2D eigenvalue weighted by Gasteiger charge is 2.25. The van der Waals surface area contributed by atoms with Gasteiger partial charge in [-0.05, 0) is 32.2 Å². The summed E-state index contributed by atoms with van der Waals surface area (Å²) in [5, 5.41) is 3.28. The van der Waals surface area contributed by atoms with Crippen LogP contribution in [0, 0.1) is 5.92 Å². The number of piperazine rings is 1. The highest BCUT2D eigenvalue weighted by molar-refractivity contribution is 5.85. The monoisotopic (exact) mass is 289 g/mol. The summed E-state index contributed by atoms with van der Waals surface area (Å²) in [5.74, 6) is 1.11. The van der Waals surface area contributed by atoms with Gasteiger partial charge in [-0.1, -0.05) is 6.92 Å². The molecular weight excluding hydrogens is 262 g/mol. The number of hydrogen-bond acceptors (Lipinski definition) is 3. The van der Waals surface area contributed by atoms with Gasteiger partial charge in [0, 0.05) is 45.2 Å². The van der Waals surface area contributed by atoms with E-state index >= 15 is 0 Å². The Bertz CT molecular complexity index is 282. The number of halogens is 1. The zero-order valence-electron chi connectivity index (χ0n) is 12.2. The molecule has 0 saturated carbocycles. The van der Waals surface area contributed by atoms with Gasteiger partial charge in [0.25, 0.3) is 0 Å². The average Bonchev–Trinajstić information content (AvgIpc) is 2.41. The minimum Gasteiger partial charge on any atom is -0.340 e. The molecule has 19 heavy (non-hydrogen) atoms. The predicted molar refractivity (Wildman–Crippen MR) is 80.7 cm³/mol. The van der Waals surface area contributed by atoms with Crippen LogP contribution in [0.1, 0.15) is 33.1 Å². The summed E-state index contributed by atoms with van der Waals surface area (Å²) in [6.45, 7) is 10.4. The first kappa shape index (κ1) is 16.7. The van der Waals surface area contributed by atoms with E-state index < -0.39 is 0 Å². The second-order valence-corrected chi connectivity index (χ2v) is 5.78. The number of piperidine rings is 1. The first-order valence-corrected chi connectivity index (χ1v) is 7.41. The molecule has 112 valence electrons. The van der Waals surface area contributed by atoms with E-state index in [0.29, 0.717) is 18.4 Å². The lowest BCUT2D eigenvalue weighted by Gasteiger charge is -2.38. The third kappa shape index (κ3) is 4.62. The summed E-state index contributed by atoms with van der Waals surface area (Å²) in [7, 11) is 0. The highest BCUT2D eigenvalue weighted by Crippen LogP contribution is 2.22. The Morgan fingerprint density at radius 1 is 1.21 bits per heavy atom. The number of rotatable bonds is 3. The summed E-state index contributed by atoms with van der Waals surface area (Å²) in [4.78, 5) is 16.6. The first-order valence-electron chi connectivity index (χ1n) is 7.41. The van der Waals surface area contributed by atoms with Crippen molar-refractivity contribution in [3.63, 3.8) is 0 Å². The van der Waals surface area contributed by atoms with Gasteiger partial charge in [0.15, 0.2) is 0 Å². The van der Waals surface area contributed by atoms with E-state index in [0.717, 1.165) is 38.6 Å². The van der Waals surface area contributed by atoms with Gasteiger partial charge in [0.1, 0.15) is 0 Å². The Balaban J connectivity index is 0.00000180. The fourth-order valence-corrected chi connectivity index (χ4v) is 3.05. The average molecular weight is 290 g/mol. The summed E-state index contributed by atoms with van der Waals surface area (Å²) in [6, 6.07) is 0.634. The Kier molecular flexibility index (Phi) is 7.11. The van der Waals surface area contributed by atoms with Gasteiger partial charge in [-0.15, -0.1) is 12.4 Å². The van der Waals surface area contributed by atoms with Crippen molar-refractivity contribution in [1.29, 1.82) is 0 Å². The second-order valence-electron chi connectivity index (χ2n) is 5.78. The molecule has 2 saturated heterocycles. The molecule has 0 aromatic heterocycles. The first-order chi connectivity index (χ1) is 8.68. The normalized spacial score (nSPS) is 28.8. The van der Waals surface area contributed by atoms with Crippen molar-refractivity contribution < 1.29 is 4.79 Å². The Morgan fingerprint density at radius 2 is 1.89 bits per heavy atom. The number of carbonyl (C=O) groups is 1. The number of nitrogens with zero attached hydrogens (tertiary/aromatic N) is 2. The van der Waals surface area contributed by atoms with E-state index in [1.54, 1.807) is 0 Å². The molecule has 2 aliphatic rings. The maximum absolute atomic E-state index is 12.1. The van der Waals surface area contributed by atoms with Crippen molar-refractivity contribution in [3.05, 3.63) is 0 Å². The van der Waals surface area contributed by atoms with E-state index in [9.17, 15) is 4.79 Å². The van der Waals surface area contributed by atoms with Gasteiger partial charge in [-0.25, -0.2) is 0 Å². The maximum Gasteiger partial charge on any atom is 0.223 e. The molecule has 0 aromatic rings. The number of amides is 1. The van der Waals surface area contributed by atoms with Crippen LogP contribution in [0.25, 0.3) is 0 Å². The zero-order valence-corrected chi connectivity index (χ0v) is 13.0. The van der Waals surface area contributed by atoms with Crippen LogP contribution in [0.15, 0.2) is 0 Å². The Hall–Kier alpha value is -0.320. The molecule has 0 aliphatic carbocycles. The molecule has 5 heteroatoms. The fourth-order valence-electron chi connectivity index (χ4n) is 3.05. The summed E-state index contributed by atoms with van der Waals surface area (Å²) >= 11 is 0. The van der Waals surface area contributed by atoms with Crippen LogP contribution >= 0.6 is 12.4 Å². The zero-order chi connectivity index (χ0) is 13.0. The van der Waals surface area contributed by atoms with Crippen molar-refractivity contribution >= 4 is 18.3 Å². The molecule has 2 unspecified atom stereocenters. The molecule has 2 heterocycles. The van der Waals surface area contributed by atoms with Crippen molar-refractivity contribution in [3.8, 4) is 0 Å². The van der Waals surface area contributed by atoms with Gasteiger partial charge >= 0.3 is 0 Å². The summed E-state index contributed by atoms with van der Waals surface area (Å²) in [5.41, 5.74) is 0. The van der Waals surface area contributed by atoms with Crippen LogP contribution < -0.4 is 5.32 Å². The highest BCUT2D eigenvalue weighted by atomic mass is 35.5. The minimum atomic E-state index is 0. The molecule has 2 rings (SSSR count). The molecule has 2 fully saturated rings. The molecule has 0 bridgehead atoms. The molecular formula is C14H28ClN3O. The molecule has 2 aliphatic heterocycles. The van der Waals surface area contributed by atoms with Crippen LogP contribution in [0.2, 0.25) is 0 Å². The molecule has 4 nitrogen and oxygen atoms in total. The second kappa shape index (κ2) is 8.08. The largest absolute Gasteiger partial charge is 0.340 e.